The Kier molecular flexibility index (Phi) is 7.32. The van der Waals surface area contributed by atoms with E-state index in [1.54, 1.807) is 6.92 Å². The van der Waals surface area contributed by atoms with E-state index in [0.717, 1.165) is 24.3 Å². The minimum Gasteiger partial charge on any atom is -0.495 e. The van der Waals surface area contributed by atoms with Crippen molar-refractivity contribution in [3.8, 4) is 5.75 Å². The first kappa shape index (κ1) is 25.6. The maximum absolute atomic E-state index is 14.0. The molecule has 0 unspecified atom stereocenters. The summed E-state index contributed by atoms with van der Waals surface area (Å²) in [6, 6.07) is 6.54. The van der Waals surface area contributed by atoms with Crippen LogP contribution in [0, 0.1) is 11.6 Å². The fourth-order valence-corrected chi connectivity index (χ4v) is 3.92. The van der Waals surface area contributed by atoms with Gasteiger partial charge in [-0.1, -0.05) is 24.6 Å². The van der Waals surface area contributed by atoms with Gasteiger partial charge in [-0.15, -0.1) is 0 Å². The molecule has 0 bridgehead atoms. The molecule has 0 aliphatic carbocycles. The average molecular weight is 503 g/mol. The van der Waals surface area contributed by atoms with Crippen molar-refractivity contribution in [1.82, 2.24) is 4.98 Å². The molecule has 2 aromatic carbocycles. The minimum atomic E-state index is -5.15. The second-order valence-corrected chi connectivity index (χ2v) is 8.06. The van der Waals surface area contributed by atoms with Gasteiger partial charge in [0.15, 0.2) is 5.60 Å². The lowest BCUT2D eigenvalue weighted by Gasteiger charge is -2.31. The molecule has 3 aromatic rings. The SMILES string of the molecule is CC[C@H](C[C@](O)(C=Nc1cc(F)cc2[nH]c(=O)ccc12)C(F)(F)F)c1ccc(F)c(Cl)c1OC. The second kappa shape index (κ2) is 9.71. The lowest BCUT2D eigenvalue weighted by Crippen LogP contribution is -2.47. The molecule has 34 heavy (non-hydrogen) atoms. The predicted molar refractivity (Wildman–Crippen MR) is 119 cm³/mol. The molecule has 2 N–H and O–H groups in total. The van der Waals surface area contributed by atoms with Crippen LogP contribution in [-0.4, -0.2) is 35.2 Å². The standard InChI is InChI=1S/C23H20ClF5N2O3/c1-3-12(14-4-6-16(26)20(24)21(14)34-2)10-22(33,23(27,28)29)11-30-17-8-13(25)9-18-15(17)5-7-19(32)31-18/h4-9,11-12,33H,3,10H2,1-2H3,(H,31,32)/t12-,22+/m1/s1. The first-order valence-electron chi connectivity index (χ1n) is 10.1. The van der Waals surface area contributed by atoms with E-state index in [2.05, 4.69) is 9.98 Å². The van der Waals surface area contributed by atoms with Crippen LogP contribution in [0.15, 0.2) is 46.2 Å². The number of fused-ring (bicyclic) bond motifs is 1. The van der Waals surface area contributed by atoms with Crippen molar-refractivity contribution in [2.75, 3.05) is 7.11 Å². The first-order chi connectivity index (χ1) is 15.9. The first-order valence-corrected chi connectivity index (χ1v) is 10.5. The van der Waals surface area contributed by atoms with E-state index in [-0.39, 0.29) is 39.3 Å². The number of benzene rings is 2. The Labute approximate surface area is 195 Å². The molecule has 1 aromatic heterocycles. The zero-order valence-corrected chi connectivity index (χ0v) is 18.8. The van der Waals surface area contributed by atoms with Crippen LogP contribution < -0.4 is 10.3 Å². The summed E-state index contributed by atoms with van der Waals surface area (Å²) in [6.07, 6.45) is -5.63. The van der Waals surface area contributed by atoms with Gasteiger partial charge in [0.2, 0.25) is 5.56 Å². The smallest absolute Gasteiger partial charge is 0.422 e. The molecule has 0 saturated carbocycles. The molecule has 0 spiro atoms. The summed E-state index contributed by atoms with van der Waals surface area (Å²) in [5, 5.41) is 10.5. The lowest BCUT2D eigenvalue weighted by atomic mass is 9.84. The molecule has 11 heteroatoms. The summed E-state index contributed by atoms with van der Waals surface area (Å²) < 4.78 is 74.9. The van der Waals surface area contributed by atoms with Crippen molar-refractivity contribution in [2.45, 2.75) is 37.5 Å². The molecule has 1 heterocycles. The molecule has 0 fully saturated rings. The molecule has 0 aliphatic rings. The zero-order chi connectivity index (χ0) is 25.3. The third-order valence-electron chi connectivity index (χ3n) is 5.47. The lowest BCUT2D eigenvalue weighted by molar-refractivity contribution is -0.232. The van der Waals surface area contributed by atoms with Crippen LogP contribution in [0.4, 0.5) is 27.6 Å². The number of aromatic nitrogens is 1. The molecule has 0 aliphatic heterocycles. The Bertz CT molecular complexity index is 1290. The molecular formula is C23H20ClF5N2O3. The van der Waals surface area contributed by atoms with Crippen LogP contribution in [-0.2, 0) is 0 Å². The quantitative estimate of drug-likeness (QED) is 0.305. The predicted octanol–water partition coefficient (Wildman–Crippen LogP) is 6.05. The van der Waals surface area contributed by atoms with E-state index < -0.39 is 41.3 Å². The topological polar surface area (TPSA) is 74.7 Å². The number of ether oxygens (including phenoxy) is 1. The number of aliphatic imine (C=N–C) groups is 1. The maximum atomic E-state index is 14.0. The monoisotopic (exact) mass is 502 g/mol. The van der Waals surface area contributed by atoms with E-state index in [9.17, 15) is 31.9 Å². The van der Waals surface area contributed by atoms with Crippen molar-refractivity contribution in [3.63, 3.8) is 0 Å². The van der Waals surface area contributed by atoms with Gasteiger partial charge in [0.1, 0.15) is 22.4 Å². The highest BCUT2D eigenvalue weighted by atomic mass is 35.5. The molecule has 0 saturated heterocycles. The highest BCUT2D eigenvalue weighted by molar-refractivity contribution is 6.32. The maximum Gasteiger partial charge on any atom is 0.422 e. The van der Waals surface area contributed by atoms with Crippen molar-refractivity contribution < 1.29 is 31.8 Å². The third kappa shape index (κ3) is 5.07. The van der Waals surface area contributed by atoms with Crippen molar-refractivity contribution in [1.29, 1.82) is 0 Å². The van der Waals surface area contributed by atoms with Crippen LogP contribution in [0.5, 0.6) is 5.75 Å². The number of hydrogen-bond donors (Lipinski definition) is 2. The molecular weight excluding hydrogens is 483 g/mol. The Morgan fingerprint density at radius 2 is 1.91 bits per heavy atom. The molecule has 5 nitrogen and oxygen atoms in total. The number of pyridine rings is 1. The number of aliphatic hydroxyl groups is 1. The third-order valence-corrected chi connectivity index (χ3v) is 5.82. The van der Waals surface area contributed by atoms with Crippen molar-refractivity contribution in [2.24, 2.45) is 4.99 Å². The Morgan fingerprint density at radius 1 is 1.21 bits per heavy atom. The van der Waals surface area contributed by atoms with Crippen molar-refractivity contribution in [3.05, 3.63) is 69.0 Å². The van der Waals surface area contributed by atoms with Gasteiger partial charge in [-0.3, -0.25) is 9.79 Å². The van der Waals surface area contributed by atoms with Gasteiger partial charge < -0.3 is 14.8 Å². The number of hydrogen-bond acceptors (Lipinski definition) is 4. The van der Waals surface area contributed by atoms with E-state index >= 15 is 0 Å². The summed E-state index contributed by atoms with van der Waals surface area (Å²) >= 11 is 5.91. The molecule has 0 amide bonds. The summed E-state index contributed by atoms with van der Waals surface area (Å²) in [5.74, 6) is -2.73. The summed E-state index contributed by atoms with van der Waals surface area (Å²) in [5.41, 5.74) is -3.96. The van der Waals surface area contributed by atoms with Gasteiger partial charge in [0.25, 0.3) is 0 Å². The number of alkyl halides is 3. The molecule has 3 rings (SSSR count). The number of H-pyrrole nitrogens is 1. The van der Waals surface area contributed by atoms with Crippen LogP contribution in [0.1, 0.15) is 31.2 Å². The van der Waals surface area contributed by atoms with Crippen LogP contribution in [0.25, 0.3) is 10.9 Å². The Hall–Kier alpha value is -2.98. The number of halogens is 6. The molecule has 2 atom stereocenters. The second-order valence-electron chi connectivity index (χ2n) is 7.68. The van der Waals surface area contributed by atoms with Crippen molar-refractivity contribution >= 4 is 34.4 Å². The minimum absolute atomic E-state index is 0.0346. The van der Waals surface area contributed by atoms with Crippen LogP contribution >= 0.6 is 11.6 Å². The average Bonchev–Trinajstić information content (AvgIpc) is 2.76. The number of rotatable bonds is 7. The van der Waals surface area contributed by atoms with Gasteiger partial charge in [-0.25, -0.2) is 8.78 Å². The number of aromatic amines is 1. The number of nitrogens with one attached hydrogen (secondary N) is 1. The zero-order valence-electron chi connectivity index (χ0n) is 18.0. The van der Waals surface area contributed by atoms with Gasteiger partial charge in [-0.05, 0) is 42.5 Å². The highest BCUT2D eigenvalue weighted by Gasteiger charge is 2.53. The van der Waals surface area contributed by atoms with Gasteiger partial charge in [0, 0.05) is 23.7 Å². The normalized spacial score (nSPS) is 15.0. The van der Waals surface area contributed by atoms with E-state index in [1.807, 2.05) is 0 Å². The van der Waals surface area contributed by atoms with Gasteiger partial charge in [-0.2, -0.15) is 13.2 Å². The summed E-state index contributed by atoms with van der Waals surface area (Å²) in [4.78, 5) is 17.6. The van der Waals surface area contributed by atoms with Crippen LogP contribution in [0.3, 0.4) is 0 Å². The van der Waals surface area contributed by atoms with E-state index in [1.165, 1.54) is 19.2 Å². The van der Waals surface area contributed by atoms with E-state index in [0.29, 0.717) is 6.21 Å². The highest BCUT2D eigenvalue weighted by Crippen LogP contribution is 2.43. The molecule has 0 radical (unpaired) electrons. The number of nitrogens with zero attached hydrogens (tertiary/aromatic N) is 1. The number of methoxy groups -OCH3 is 1. The summed E-state index contributed by atoms with van der Waals surface area (Å²) in [7, 11) is 1.20. The fraction of sp³-hybridized carbons (Fsp3) is 0.304. The van der Waals surface area contributed by atoms with Gasteiger partial charge in [0.05, 0.1) is 18.3 Å². The molecule has 182 valence electrons. The Morgan fingerprint density at radius 3 is 2.53 bits per heavy atom. The fourth-order valence-electron chi connectivity index (χ4n) is 3.67. The summed E-state index contributed by atoms with van der Waals surface area (Å²) in [6.45, 7) is 1.59. The van der Waals surface area contributed by atoms with E-state index in [4.69, 9.17) is 16.3 Å². The van der Waals surface area contributed by atoms with Gasteiger partial charge >= 0.3 is 6.18 Å². The Balaban J connectivity index is 2.07. The largest absolute Gasteiger partial charge is 0.495 e. The van der Waals surface area contributed by atoms with Crippen LogP contribution in [0.2, 0.25) is 5.02 Å².